The smallest absolute Gasteiger partial charge is 0.317 e. The first-order chi connectivity index (χ1) is 9.36. The molecule has 1 aromatic heterocycles. The quantitative estimate of drug-likeness (QED) is 0.892. The number of carbonyl (C=O) groups is 1. The summed E-state index contributed by atoms with van der Waals surface area (Å²) in [6.45, 7) is 3.31. The summed E-state index contributed by atoms with van der Waals surface area (Å²) < 4.78 is 22.9. The molecule has 6 nitrogen and oxygen atoms in total. The van der Waals surface area contributed by atoms with E-state index in [-0.39, 0.29) is 6.03 Å². The Kier molecular flexibility index (Phi) is 4.64. The molecule has 0 aromatic carbocycles. The van der Waals surface area contributed by atoms with Crippen LogP contribution >= 0.6 is 11.3 Å². The molecule has 0 saturated carbocycles. The monoisotopic (exact) mass is 317 g/mol. The number of nitrogens with zero attached hydrogens (tertiary/aromatic N) is 2. The highest BCUT2D eigenvalue weighted by Crippen LogP contribution is 2.16. The van der Waals surface area contributed by atoms with Crippen molar-refractivity contribution < 1.29 is 13.2 Å². The van der Waals surface area contributed by atoms with Crippen LogP contribution in [0.15, 0.2) is 6.20 Å². The molecule has 1 aliphatic rings. The molecule has 1 aromatic rings. The first-order valence-electron chi connectivity index (χ1n) is 6.49. The van der Waals surface area contributed by atoms with Gasteiger partial charge in [-0.05, 0) is 13.3 Å². The Labute approximate surface area is 123 Å². The molecule has 2 amide bonds. The topological polar surface area (TPSA) is 79.4 Å². The van der Waals surface area contributed by atoms with Gasteiger partial charge < -0.3 is 10.2 Å². The molecule has 1 aliphatic heterocycles. The Balaban J connectivity index is 1.76. The lowest BCUT2D eigenvalue weighted by molar-refractivity contribution is 0.209. The third kappa shape index (κ3) is 3.92. The molecule has 0 bridgehead atoms. The number of nitrogens with one attached hydrogen (secondary N) is 1. The van der Waals surface area contributed by atoms with Crippen LogP contribution in [0, 0.1) is 6.92 Å². The van der Waals surface area contributed by atoms with E-state index in [2.05, 4.69) is 10.3 Å². The third-order valence-electron chi connectivity index (χ3n) is 3.32. The van der Waals surface area contributed by atoms with Crippen LogP contribution in [0.4, 0.5) is 4.79 Å². The van der Waals surface area contributed by atoms with Gasteiger partial charge in [0.1, 0.15) is 0 Å². The Bertz CT molecular complexity index is 583. The van der Waals surface area contributed by atoms with Gasteiger partial charge in [-0.25, -0.2) is 18.2 Å². The predicted molar refractivity (Wildman–Crippen MR) is 78.8 cm³/mol. The largest absolute Gasteiger partial charge is 0.338 e. The number of aryl methyl sites for hydroxylation is 1. The second-order valence-corrected chi connectivity index (χ2v) is 8.68. The van der Waals surface area contributed by atoms with Crippen molar-refractivity contribution in [2.75, 3.05) is 25.9 Å². The van der Waals surface area contributed by atoms with Crippen molar-refractivity contribution in [1.82, 2.24) is 15.2 Å². The number of thiazole rings is 1. The molecule has 1 N–H and O–H groups in total. The van der Waals surface area contributed by atoms with Crippen LogP contribution in [0.25, 0.3) is 0 Å². The van der Waals surface area contributed by atoms with Gasteiger partial charge in [0.25, 0.3) is 0 Å². The number of hydrogen-bond donors (Lipinski definition) is 1. The molecule has 0 unspecified atom stereocenters. The Morgan fingerprint density at radius 3 is 2.90 bits per heavy atom. The molecule has 20 heavy (non-hydrogen) atoms. The van der Waals surface area contributed by atoms with Crippen molar-refractivity contribution in [3.05, 3.63) is 16.1 Å². The predicted octanol–water partition coefficient (Wildman–Crippen LogP) is 0.823. The second kappa shape index (κ2) is 6.09. The number of carbonyl (C=O) groups excluding carboxylic acids is 1. The maximum atomic E-state index is 11.9. The van der Waals surface area contributed by atoms with Gasteiger partial charge in [-0.3, -0.25) is 0 Å². The average molecular weight is 317 g/mol. The van der Waals surface area contributed by atoms with E-state index in [9.17, 15) is 13.2 Å². The minimum atomic E-state index is -3.06. The van der Waals surface area contributed by atoms with Crippen molar-refractivity contribution in [3.63, 3.8) is 0 Å². The first kappa shape index (κ1) is 15.2. The molecule has 0 spiro atoms. The van der Waals surface area contributed by atoms with Gasteiger partial charge in [-0.1, -0.05) is 0 Å². The van der Waals surface area contributed by atoms with Crippen molar-refractivity contribution in [2.45, 2.75) is 25.0 Å². The van der Waals surface area contributed by atoms with E-state index in [0.29, 0.717) is 32.5 Å². The highest BCUT2D eigenvalue weighted by Gasteiger charge is 2.32. The summed E-state index contributed by atoms with van der Waals surface area (Å²) in [4.78, 5) is 18.9. The van der Waals surface area contributed by atoms with Gasteiger partial charge in [-0.2, -0.15) is 0 Å². The average Bonchev–Trinajstić information content (AvgIpc) is 2.97. The number of hydrogen-bond acceptors (Lipinski definition) is 5. The van der Waals surface area contributed by atoms with Crippen LogP contribution in [-0.2, 0) is 16.3 Å². The van der Waals surface area contributed by atoms with Gasteiger partial charge in [0, 0.05) is 43.4 Å². The van der Waals surface area contributed by atoms with Crippen molar-refractivity contribution in [3.8, 4) is 0 Å². The zero-order valence-corrected chi connectivity index (χ0v) is 13.3. The lowest BCUT2D eigenvalue weighted by Crippen LogP contribution is -2.40. The molecule has 1 fully saturated rings. The van der Waals surface area contributed by atoms with E-state index in [1.54, 1.807) is 16.2 Å². The summed E-state index contributed by atoms with van der Waals surface area (Å²) in [5.41, 5.74) is 0. The van der Waals surface area contributed by atoms with Crippen LogP contribution in [-0.4, -0.2) is 55.5 Å². The fourth-order valence-electron chi connectivity index (χ4n) is 2.17. The normalized spacial score (nSPS) is 19.3. The number of aromatic nitrogens is 1. The Hall–Kier alpha value is -1.15. The minimum Gasteiger partial charge on any atom is -0.338 e. The maximum Gasteiger partial charge on any atom is 0.317 e. The fraction of sp³-hybridized carbons (Fsp3) is 0.667. The standard InChI is InChI=1S/C12H19N3O3S2/c1-9-7-14-11(19-9)3-5-13-12(16)15-6-4-10(8-15)20(2,17)18/h7,10H,3-6,8H2,1-2H3,(H,13,16)/t10-/m1/s1. The van der Waals surface area contributed by atoms with E-state index in [1.165, 1.54) is 6.26 Å². The molecular weight excluding hydrogens is 298 g/mol. The molecule has 2 rings (SSSR count). The molecule has 0 aliphatic carbocycles. The number of amides is 2. The zero-order valence-electron chi connectivity index (χ0n) is 11.6. The fourth-order valence-corrected chi connectivity index (χ4v) is 3.94. The molecule has 1 atom stereocenters. The van der Waals surface area contributed by atoms with Gasteiger partial charge in [-0.15, -0.1) is 11.3 Å². The van der Waals surface area contributed by atoms with Gasteiger partial charge in [0.15, 0.2) is 9.84 Å². The lowest BCUT2D eigenvalue weighted by Gasteiger charge is -2.16. The van der Waals surface area contributed by atoms with Crippen molar-refractivity contribution in [1.29, 1.82) is 0 Å². The lowest BCUT2D eigenvalue weighted by atomic mass is 10.4. The summed E-state index contributed by atoms with van der Waals surface area (Å²) in [7, 11) is -3.06. The molecule has 0 radical (unpaired) electrons. The Morgan fingerprint density at radius 2 is 2.35 bits per heavy atom. The summed E-state index contributed by atoms with van der Waals surface area (Å²) in [5, 5.41) is 3.39. The van der Waals surface area contributed by atoms with Crippen LogP contribution < -0.4 is 5.32 Å². The number of sulfone groups is 1. The number of likely N-dealkylation sites (tertiary alicyclic amines) is 1. The minimum absolute atomic E-state index is 0.190. The molecule has 112 valence electrons. The Morgan fingerprint density at radius 1 is 1.60 bits per heavy atom. The zero-order chi connectivity index (χ0) is 14.8. The second-order valence-electron chi connectivity index (χ2n) is 5.03. The number of urea groups is 1. The van der Waals surface area contributed by atoms with Crippen LogP contribution in [0.3, 0.4) is 0 Å². The van der Waals surface area contributed by atoms with Crippen molar-refractivity contribution >= 4 is 27.2 Å². The maximum absolute atomic E-state index is 11.9. The van der Waals surface area contributed by atoms with Crippen molar-refractivity contribution in [2.24, 2.45) is 0 Å². The number of rotatable bonds is 4. The molecular formula is C12H19N3O3S2. The first-order valence-corrected chi connectivity index (χ1v) is 9.26. The van der Waals surface area contributed by atoms with Gasteiger partial charge >= 0.3 is 6.03 Å². The van der Waals surface area contributed by atoms with Gasteiger partial charge in [0.05, 0.1) is 10.3 Å². The SMILES string of the molecule is Cc1cnc(CCNC(=O)N2CC[C@@H](S(C)(=O)=O)C2)s1. The van der Waals surface area contributed by atoms with E-state index < -0.39 is 15.1 Å². The molecule has 2 heterocycles. The van der Waals surface area contributed by atoms with E-state index >= 15 is 0 Å². The third-order valence-corrected chi connectivity index (χ3v) is 5.89. The van der Waals surface area contributed by atoms with E-state index in [1.807, 2.05) is 13.1 Å². The van der Waals surface area contributed by atoms with E-state index in [0.717, 1.165) is 9.88 Å². The van der Waals surface area contributed by atoms with Crippen LogP contribution in [0.1, 0.15) is 16.3 Å². The molecule has 1 saturated heterocycles. The summed E-state index contributed by atoms with van der Waals surface area (Å²) in [6, 6.07) is -0.190. The molecule has 8 heteroatoms. The summed E-state index contributed by atoms with van der Waals surface area (Å²) >= 11 is 1.62. The summed E-state index contributed by atoms with van der Waals surface area (Å²) in [6.07, 6.45) is 4.27. The highest BCUT2D eigenvalue weighted by molar-refractivity contribution is 7.91. The van der Waals surface area contributed by atoms with E-state index in [4.69, 9.17) is 0 Å². The van der Waals surface area contributed by atoms with Gasteiger partial charge in [0.2, 0.25) is 0 Å². The highest BCUT2D eigenvalue weighted by atomic mass is 32.2. The van der Waals surface area contributed by atoms with Crippen LogP contribution in [0.5, 0.6) is 0 Å². The van der Waals surface area contributed by atoms with Crippen LogP contribution in [0.2, 0.25) is 0 Å². The summed E-state index contributed by atoms with van der Waals surface area (Å²) in [5.74, 6) is 0.